The highest BCUT2D eigenvalue weighted by Crippen LogP contribution is 2.27. The summed E-state index contributed by atoms with van der Waals surface area (Å²) in [5, 5.41) is 10.00. The Bertz CT molecular complexity index is 717. The second kappa shape index (κ2) is 5.36. The van der Waals surface area contributed by atoms with Crippen LogP contribution in [0.4, 0.5) is 0 Å². The number of pyridine rings is 1. The highest BCUT2D eigenvalue weighted by atomic mass is 35.5. The number of sulfone groups is 1. The number of aromatic hydroxyl groups is 1. The van der Waals surface area contributed by atoms with Gasteiger partial charge >= 0.3 is 0 Å². The van der Waals surface area contributed by atoms with Crippen LogP contribution in [0.15, 0.2) is 41.6 Å². The van der Waals surface area contributed by atoms with E-state index >= 15 is 0 Å². The molecular formula is C12H9Cl2NO3S. The summed E-state index contributed by atoms with van der Waals surface area (Å²) in [6, 6.07) is 5.53. The maximum Gasteiger partial charge on any atom is 0.182 e. The molecule has 0 aliphatic carbocycles. The molecule has 2 aromatic rings. The third kappa shape index (κ3) is 3.18. The van der Waals surface area contributed by atoms with E-state index in [4.69, 9.17) is 23.2 Å². The Morgan fingerprint density at radius 3 is 2.53 bits per heavy atom. The third-order valence-electron chi connectivity index (χ3n) is 2.48. The first-order valence-corrected chi connectivity index (χ1v) is 7.60. The molecule has 1 heterocycles. The zero-order valence-electron chi connectivity index (χ0n) is 9.55. The lowest BCUT2D eigenvalue weighted by molar-refractivity contribution is 0.467. The Labute approximate surface area is 120 Å². The van der Waals surface area contributed by atoms with Crippen LogP contribution in [-0.4, -0.2) is 18.5 Å². The summed E-state index contributed by atoms with van der Waals surface area (Å²) in [6.45, 7) is 0. The van der Waals surface area contributed by atoms with Crippen LogP contribution in [0, 0.1) is 0 Å². The van der Waals surface area contributed by atoms with Gasteiger partial charge in [-0.3, -0.25) is 4.98 Å². The SMILES string of the molecule is O=S(=O)(Cc1ccncc1O)c1ccc(Cl)c(Cl)c1. The number of nitrogens with zero attached hydrogens (tertiary/aromatic N) is 1. The molecule has 0 amide bonds. The maximum atomic E-state index is 12.2. The fourth-order valence-corrected chi connectivity index (χ4v) is 3.25. The van der Waals surface area contributed by atoms with Crippen molar-refractivity contribution in [2.45, 2.75) is 10.6 Å². The van der Waals surface area contributed by atoms with Gasteiger partial charge in [0.1, 0.15) is 5.75 Å². The van der Waals surface area contributed by atoms with Gasteiger partial charge in [0.25, 0.3) is 0 Å². The highest BCUT2D eigenvalue weighted by Gasteiger charge is 2.18. The minimum Gasteiger partial charge on any atom is -0.506 e. The summed E-state index contributed by atoms with van der Waals surface area (Å²) in [7, 11) is -3.61. The molecule has 1 aromatic heterocycles. The van der Waals surface area contributed by atoms with Gasteiger partial charge in [0.15, 0.2) is 9.84 Å². The molecule has 0 saturated heterocycles. The molecule has 0 atom stereocenters. The molecule has 1 N–H and O–H groups in total. The average molecular weight is 318 g/mol. The van der Waals surface area contributed by atoms with Crippen LogP contribution in [0.1, 0.15) is 5.56 Å². The van der Waals surface area contributed by atoms with Crippen LogP contribution in [0.2, 0.25) is 10.0 Å². The molecule has 7 heteroatoms. The second-order valence-corrected chi connectivity index (χ2v) is 6.64. The first-order chi connectivity index (χ1) is 8.90. The van der Waals surface area contributed by atoms with Crippen molar-refractivity contribution in [3.63, 3.8) is 0 Å². The molecular weight excluding hydrogens is 309 g/mol. The predicted molar refractivity (Wildman–Crippen MR) is 73.3 cm³/mol. The number of hydrogen-bond acceptors (Lipinski definition) is 4. The van der Waals surface area contributed by atoms with Crippen molar-refractivity contribution < 1.29 is 13.5 Å². The van der Waals surface area contributed by atoms with Gasteiger partial charge in [-0.25, -0.2) is 8.42 Å². The molecule has 0 unspecified atom stereocenters. The van der Waals surface area contributed by atoms with E-state index < -0.39 is 9.84 Å². The van der Waals surface area contributed by atoms with Gasteiger partial charge in [-0.05, 0) is 24.3 Å². The van der Waals surface area contributed by atoms with E-state index in [1.54, 1.807) is 0 Å². The lowest BCUT2D eigenvalue weighted by atomic mass is 10.3. The molecule has 1 aromatic carbocycles. The van der Waals surface area contributed by atoms with Gasteiger partial charge in [-0.15, -0.1) is 0 Å². The van der Waals surface area contributed by atoms with Crippen LogP contribution < -0.4 is 0 Å². The summed E-state index contributed by atoms with van der Waals surface area (Å²) in [6.07, 6.45) is 2.61. The van der Waals surface area contributed by atoms with Crippen molar-refractivity contribution in [3.8, 4) is 5.75 Å². The molecule has 0 bridgehead atoms. The molecule has 0 fully saturated rings. The van der Waals surface area contributed by atoms with Crippen molar-refractivity contribution in [2.24, 2.45) is 0 Å². The van der Waals surface area contributed by atoms with Crippen molar-refractivity contribution in [2.75, 3.05) is 0 Å². The first kappa shape index (κ1) is 14.1. The molecule has 19 heavy (non-hydrogen) atoms. The van der Waals surface area contributed by atoms with E-state index in [-0.39, 0.29) is 32.0 Å². The number of hydrogen-bond donors (Lipinski definition) is 1. The Balaban J connectivity index is 2.38. The fourth-order valence-electron chi connectivity index (χ4n) is 1.50. The predicted octanol–water partition coefficient (Wildman–Crippen LogP) is 3.07. The minimum absolute atomic E-state index is 0.0538. The molecule has 2 rings (SSSR count). The van der Waals surface area contributed by atoms with Crippen molar-refractivity contribution >= 4 is 33.0 Å². The Kier molecular flexibility index (Phi) is 3.99. The molecule has 0 radical (unpaired) electrons. The van der Waals surface area contributed by atoms with Gasteiger partial charge in [-0.2, -0.15) is 0 Å². The lowest BCUT2D eigenvalue weighted by Crippen LogP contribution is -2.05. The van der Waals surface area contributed by atoms with Gasteiger partial charge in [0, 0.05) is 11.8 Å². The first-order valence-electron chi connectivity index (χ1n) is 5.20. The van der Waals surface area contributed by atoms with Crippen LogP contribution in [0.25, 0.3) is 0 Å². The van der Waals surface area contributed by atoms with Crippen molar-refractivity contribution in [1.82, 2.24) is 4.98 Å². The van der Waals surface area contributed by atoms with E-state index in [0.29, 0.717) is 0 Å². The second-order valence-electron chi connectivity index (χ2n) is 3.84. The average Bonchev–Trinajstić information content (AvgIpc) is 2.35. The fraction of sp³-hybridized carbons (Fsp3) is 0.0833. The molecule has 100 valence electrons. The van der Waals surface area contributed by atoms with E-state index in [2.05, 4.69) is 4.98 Å². The van der Waals surface area contributed by atoms with E-state index in [1.807, 2.05) is 0 Å². The third-order valence-corrected chi connectivity index (χ3v) is 4.89. The molecule has 4 nitrogen and oxygen atoms in total. The Morgan fingerprint density at radius 1 is 1.16 bits per heavy atom. The number of aromatic nitrogens is 1. The Hall–Kier alpha value is -1.30. The number of halogens is 2. The van der Waals surface area contributed by atoms with Crippen LogP contribution in [0.3, 0.4) is 0 Å². The summed E-state index contributed by atoms with van der Waals surface area (Å²) in [4.78, 5) is 3.74. The minimum atomic E-state index is -3.61. The van der Waals surface area contributed by atoms with Gasteiger partial charge in [-0.1, -0.05) is 23.2 Å². The van der Waals surface area contributed by atoms with E-state index in [0.717, 1.165) is 0 Å². The van der Waals surface area contributed by atoms with Gasteiger partial charge in [0.05, 0.1) is 26.9 Å². The lowest BCUT2D eigenvalue weighted by Gasteiger charge is -2.07. The van der Waals surface area contributed by atoms with Crippen LogP contribution >= 0.6 is 23.2 Å². The van der Waals surface area contributed by atoms with Crippen molar-refractivity contribution in [1.29, 1.82) is 0 Å². The van der Waals surface area contributed by atoms with Crippen LogP contribution in [0.5, 0.6) is 5.75 Å². The smallest absolute Gasteiger partial charge is 0.182 e. The normalized spacial score (nSPS) is 11.5. The molecule has 0 aliphatic heterocycles. The Morgan fingerprint density at radius 2 is 1.89 bits per heavy atom. The summed E-state index contributed by atoms with van der Waals surface area (Å²) in [5.74, 6) is -0.495. The molecule has 0 aliphatic rings. The van der Waals surface area contributed by atoms with Crippen LogP contribution in [-0.2, 0) is 15.6 Å². The summed E-state index contributed by atoms with van der Waals surface area (Å²) >= 11 is 11.5. The summed E-state index contributed by atoms with van der Waals surface area (Å²) < 4.78 is 24.4. The zero-order valence-corrected chi connectivity index (χ0v) is 11.9. The van der Waals surface area contributed by atoms with E-state index in [9.17, 15) is 13.5 Å². The maximum absolute atomic E-state index is 12.2. The number of rotatable bonds is 3. The standard InChI is InChI=1S/C12H9Cl2NO3S/c13-10-2-1-9(5-11(10)14)19(17,18)7-8-3-4-15-6-12(8)16/h1-6,16H,7H2. The topological polar surface area (TPSA) is 67.3 Å². The quantitative estimate of drug-likeness (QED) is 0.944. The highest BCUT2D eigenvalue weighted by molar-refractivity contribution is 7.90. The summed E-state index contributed by atoms with van der Waals surface area (Å²) in [5.41, 5.74) is 0.279. The zero-order chi connectivity index (χ0) is 14.0. The van der Waals surface area contributed by atoms with Gasteiger partial charge < -0.3 is 5.11 Å². The largest absolute Gasteiger partial charge is 0.506 e. The van der Waals surface area contributed by atoms with Crippen molar-refractivity contribution in [3.05, 3.63) is 52.3 Å². The number of benzene rings is 1. The monoisotopic (exact) mass is 317 g/mol. The van der Waals surface area contributed by atoms with E-state index in [1.165, 1.54) is 36.7 Å². The molecule has 0 saturated carbocycles. The van der Waals surface area contributed by atoms with Gasteiger partial charge in [0.2, 0.25) is 0 Å². The molecule has 0 spiro atoms.